The van der Waals surface area contributed by atoms with Gasteiger partial charge in [-0.05, 0) is 18.1 Å². The second-order valence-electron chi connectivity index (χ2n) is 4.08. The highest BCUT2D eigenvalue weighted by atomic mass is 32.2. The molecule has 2 aromatic rings. The average Bonchev–Trinajstić information content (AvgIpc) is 2.40. The Hall–Kier alpha value is -1.65. The van der Waals surface area contributed by atoms with E-state index in [0.29, 0.717) is 0 Å². The molecule has 0 aliphatic heterocycles. The first kappa shape index (κ1) is 12.8. The summed E-state index contributed by atoms with van der Waals surface area (Å²) in [7, 11) is -2.94. The second-order valence-corrected chi connectivity index (χ2v) is 4.71. The molecule has 0 atom stereocenters. The fourth-order valence-corrected chi connectivity index (χ4v) is 2.44. The first-order valence-electron chi connectivity index (χ1n) is 5.57. The highest BCUT2D eigenvalue weighted by Crippen LogP contribution is 2.33. The monoisotopic (exact) mass is 262 g/mol. The van der Waals surface area contributed by atoms with Crippen LogP contribution in [0.5, 0.6) is 0 Å². The molecule has 0 aliphatic rings. The Morgan fingerprint density at radius 3 is 1.56 bits per heavy atom. The zero-order chi connectivity index (χ0) is 13.0. The molecule has 2 rings (SSSR count). The van der Waals surface area contributed by atoms with Gasteiger partial charge in [-0.25, -0.2) is 8.42 Å². The lowest BCUT2D eigenvalue weighted by Crippen LogP contribution is -2.26. The maximum Gasteiger partial charge on any atom is 0.258 e. The summed E-state index contributed by atoms with van der Waals surface area (Å²) in [5.41, 5.74) is 0.614. The van der Waals surface area contributed by atoms with Gasteiger partial charge < -0.3 is 0 Å². The van der Waals surface area contributed by atoms with Crippen LogP contribution < -0.4 is 0 Å². The molecule has 0 amide bonds. The number of hydrogen-bond donors (Lipinski definition) is 1. The van der Waals surface area contributed by atoms with Crippen LogP contribution in [-0.4, -0.2) is 8.42 Å². The average molecular weight is 262 g/mol. The molecule has 18 heavy (non-hydrogen) atoms. The molecule has 2 aromatic carbocycles. The minimum atomic E-state index is -2.94. The summed E-state index contributed by atoms with van der Waals surface area (Å²) in [5, 5.41) is 0. The van der Waals surface area contributed by atoms with Crippen molar-refractivity contribution >= 4 is 11.0 Å². The lowest BCUT2D eigenvalue weighted by Gasteiger charge is -2.27. The van der Waals surface area contributed by atoms with Crippen molar-refractivity contribution in [2.24, 2.45) is 0 Å². The maximum absolute atomic E-state index is 11.0. The van der Waals surface area contributed by atoms with E-state index in [1.54, 1.807) is 6.92 Å². The zero-order valence-electron chi connectivity index (χ0n) is 9.95. The van der Waals surface area contributed by atoms with Crippen molar-refractivity contribution in [2.45, 2.75) is 12.5 Å². The SMILES string of the molecule is CC(O[SH](=O)=O)(c1ccccc1)c1ccccc1. The molecular formula is C14H14O3S. The lowest BCUT2D eigenvalue weighted by atomic mass is 9.88. The summed E-state index contributed by atoms with van der Waals surface area (Å²) in [6.07, 6.45) is 0. The lowest BCUT2D eigenvalue weighted by molar-refractivity contribution is 0.149. The molecule has 0 unspecified atom stereocenters. The Kier molecular flexibility index (Phi) is 3.79. The van der Waals surface area contributed by atoms with Crippen LogP contribution >= 0.6 is 0 Å². The van der Waals surface area contributed by atoms with Gasteiger partial charge >= 0.3 is 0 Å². The largest absolute Gasteiger partial charge is 0.258 e. The van der Waals surface area contributed by atoms with Gasteiger partial charge in [-0.1, -0.05) is 60.7 Å². The number of hydrogen-bond acceptors (Lipinski definition) is 3. The van der Waals surface area contributed by atoms with Gasteiger partial charge in [-0.3, -0.25) is 4.18 Å². The summed E-state index contributed by atoms with van der Waals surface area (Å²) in [4.78, 5) is 0. The normalized spacial score (nSPS) is 11.7. The fourth-order valence-electron chi connectivity index (χ4n) is 1.93. The van der Waals surface area contributed by atoms with Gasteiger partial charge in [0.1, 0.15) is 5.60 Å². The van der Waals surface area contributed by atoms with Gasteiger partial charge in [-0.2, -0.15) is 0 Å². The Labute approximate surface area is 108 Å². The van der Waals surface area contributed by atoms with Crippen LogP contribution in [0.2, 0.25) is 0 Å². The topological polar surface area (TPSA) is 43.4 Å². The van der Waals surface area contributed by atoms with Crippen LogP contribution in [0.4, 0.5) is 0 Å². The van der Waals surface area contributed by atoms with Gasteiger partial charge in [0.25, 0.3) is 11.0 Å². The van der Waals surface area contributed by atoms with E-state index in [1.165, 1.54) is 0 Å². The van der Waals surface area contributed by atoms with Gasteiger partial charge in [0, 0.05) is 0 Å². The van der Waals surface area contributed by atoms with Crippen molar-refractivity contribution in [1.29, 1.82) is 0 Å². The summed E-state index contributed by atoms with van der Waals surface area (Å²) in [5.74, 6) is 0. The predicted molar refractivity (Wildman–Crippen MR) is 70.7 cm³/mol. The minimum Gasteiger partial charge on any atom is -0.256 e. The summed E-state index contributed by atoms with van der Waals surface area (Å²) >= 11 is 0. The number of rotatable bonds is 4. The number of thiol groups is 1. The molecule has 0 aliphatic carbocycles. The second kappa shape index (κ2) is 5.33. The predicted octanol–water partition coefficient (Wildman–Crippen LogP) is 2.49. The van der Waals surface area contributed by atoms with Crippen LogP contribution in [0.3, 0.4) is 0 Å². The Balaban J connectivity index is 2.54. The fraction of sp³-hybridized carbons (Fsp3) is 0.143. The molecule has 94 valence electrons. The van der Waals surface area contributed by atoms with E-state index in [2.05, 4.69) is 0 Å². The third kappa shape index (κ3) is 2.60. The highest BCUT2D eigenvalue weighted by molar-refractivity contribution is 7.67. The van der Waals surface area contributed by atoms with Crippen molar-refractivity contribution < 1.29 is 12.6 Å². The molecule has 3 nitrogen and oxygen atoms in total. The van der Waals surface area contributed by atoms with Gasteiger partial charge in [0.05, 0.1) is 0 Å². The van der Waals surface area contributed by atoms with Crippen molar-refractivity contribution in [3.05, 3.63) is 71.8 Å². The first-order chi connectivity index (χ1) is 8.63. The van der Waals surface area contributed by atoms with E-state index >= 15 is 0 Å². The number of benzene rings is 2. The van der Waals surface area contributed by atoms with Crippen LogP contribution in [0.1, 0.15) is 18.1 Å². The summed E-state index contributed by atoms with van der Waals surface area (Å²) < 4.78 is 27.1. The van der Waals surface area contributed by atoms with Crippen LogP contribution in [0.25, 0.3) is 0 Å². The van der Waals surface area contributed by atoms with E-state index < -0.39 is 16.6 Å². The minimum absolute atomic E-state index is 0.801. The maximum atomic E-state index is 11.0. The molecule has 0 saturated carbocycles. The summed E-state index contributed by atoms with van der Waals surface area (Å²) in [6, 6.07) is 18.6. The Morgan fingerprint density at radius 2 is 1.22 bits per heavy atom. The molecule has 4 heteroatoms. The molecular weight excluding hydrogens is 248 g/mol. The van der Waals surface area contributed by atoms with E-state index in [9.17, 15) is 8.42 Å². The van der Waals surface area contributed by atoms with Gasteiger partial charge in [0.15, 0.2) is 0 Å². The van der Waals surface area contributed by atoms with Crippen molar-refractivity contribution in [1.82, 2.24) is 0 Å². The van der Waals surface area contributed by atoms with E-state index in [4.69, 9.17) is 4.18 Å². The third-order valence-electron chi connectivity index (χ3n) is 2.91. The molecule has 0 aromatic heterocycles. The standard InChI is InChI=1S/C14H14O3S/c1-14(17-18(15)16,12-8-4-2-5-9-12)13-10-6-3-7-11-13/h2-11,18H,1H3. The smallest absolute Gasteiger partial charge is 0.256 e. The van der Waals surface area contributed by atoms with Crippen molar-refractivity contribution in [3.8, 4) is 0 Å². The first-order valence-corrected chi connectivity index (χ1v) is 6.67. The molecule has 0 fully saturated rings. The summed E-state index contributed by atoms with van der Waals surface area (Å²) in [6.45, 7) is 1.75. The Morgan fingerprint density at radius 1 is 0.833 bits per heavy atom. The van der Waals surface area contributed by atoms with E-state index in [0.717, 1.165) is 11.1 Å². The molecule has 0 saturated heterocycles. The quantitative estimate of drug-likeness (QED) is 0.861. The van der Waals surface area contributed by atoms with Crippen LogP contribution in [0.15, 0.2) is 60.7 Å². The van der Waals surface area contributed by atoms with Crippen molar-refractivity contribution in [2.75, 3.05) is 0 Å². The highest BCUT2D eigenvalue weighted by Gasteiger charge is 2.31. The molecule has 0 radical (unpaired) electrons. The van der Waals surface area contributed by atoms with Gasteiger partial charge in [-0.15, -0.1) is 0 Å². The molecule has 0 spiro atoms. The van der Waals surface area contributed by atoms with E-state index in [-0.39, 0.29) is 0 Å². The third-order valence-corrected chi connectivity index (χ3v) is 3.42. The molecule has 0 heterocycles. The van der Waals surface area contributed by atoms with Crippen LogP contribution in [-0.2, 0) is 20.8 Å². The Bertz CT molecular complexity index is 529. The van der Waals surface area contributed by atoms with Crippen molar-refractivity contribution in [3.63, 3.8) is 0 Å². The van der Waals surface area contributed by atoms with Gasteiger partial charge in [0.2, 0.25) is 0 Å². The van der Waals surface area contributed by atoms with Crippen LogP contribution in [0, 0.1) is 0 Å². The van der Waals surface area contributed by atoms with E-state index in [1.807, 2.05) is 60.7 Å². The zero-order valence-corrected chi connectivity index (χ0v) is 10.8. The molecule has 0 N–H and O–H groups in total. The molecule has 0 bridgehead atoms.